The van der Waals surface area contributed by atoms with Crippen molar-refractivity contribution in [1.82, 2.24) is 5.32 Å². The molecule has 5 heteroatoms. The molecule has 0 fully saturated rings. The summed E-state index contributed by atoms with van der Waals surface area (Å²) in [5.74, 6) is -1.26. The van der Waals surface area contributed by atoms with E-state index in [4.69, 9.17) is 11.0 Å². The normalized spacial score (nSPS) is 29.6. The third kappa shape index (κ3) is 1.12. The summed E-state index contributed by atoms with van der Waals surface area (Å²) in [5.41, 5.74) is 5.80. The third-order valence-corrected chi connectivity index (χ3v) is 1.87. The molecular formula is C7H9N3O2. The van der Waals surface area contributed by atoms with Gasteiger partial charge in [-0.25, -0.2) is 0 Å². The molecular weight excluding hydrogens is 158 g/mol. The van der Waals surface area contributed by atoms with Crippen LogP contribution in [0.3, 0.4) is 0 Å². The molecule has 0 radical (unpaired) electrons. The van der Waals surface area contributed by atoms with Gasteiger partial charge >= 0.3 is 0 Å². The Hall–Kier alpha value is -1.54. The van der Waals surface area contributed by atoms with Gasteiger partial charge < -0.3 is 16.2 Å². The molecule has 2 atom stereocenters. The van der Waals surface area contributed by atoms with E-state index in [-0.39, 0.29) is 5.70 Å². The number of carbonyl (C=O) groups is 1. The van der Waals surface area contributed by atoms with E-state index in [2.05, 4.69) is 5.32 Å². The Morgan fingerprint density at radius 2 is 2.33 bits per heavy atom. The van der Waals surface area contributed by atoms with Gasteiger partial charge in [-0.05, 0) is 12.5 Å². The quantitative estimate of drug-likeness (QED) is 0.422. The molecule has 4 N–H and O–H groups in total. The molecule has 0 spiro atoms. The number of hydrogen-bond donors (Lipinski definition) is 3. The zero-order valence-electron chi connectivity index (χ0n) is 6.53. The summed E-state index contributed by atoms with van der Waals surface area (Å²) in [7, 11) is 0. The summed E-state index contributed by atoms with van der Waals surface area (Å²) < 4.78 is 0. The number of hydrogen-bond acceptors (Lipinski definition) is 4. The van der Waals surface area contributed by atoms with Crippen molar-refractivity contribution >= 4 is 5.91 Å². The Morgan fingerprint density at radius 3 is 2.83 bits per heavy atom. The van der Waals surface area contributed by atoms with Gasteiger partial charge in [-0.3, -0.25) is 4.79 Å². The third-order valence-electron chi connectivity index (χ3n) is 1.87. The average Bonchev–Trinajstić information content (AvgIpc) is 2.01. The number of rotatable bonds is 0. The van der Waals surface area contributed by atoms with Gasteiger partial charge in [-0.2, -0.15) is 5.26 Å². The van der Waals surface area contributed by atoms with Crippen LogP contribution in [-0.2, 0) is 4.79 Å². The van der Waals surface area contributed by atoms with E-state index in [9.17, 15) is 9.90 Å². The second-order valence-electron chi connectivity index (χ2n) is 2.62. The maximum atomic E-state index is 10.9. The minimum atomic E-state index is -1.14. The van der Waals surface area contributed by atoms with Crippen molar-refractivity contribution in [2.75, 3.05) is 0 Å². The predicted molar refractivity (Wildman–Crippen MR) is 40.1 cm³/mol. The molecule has 1 amide bonds. The smallest absolute Gasteiger partial charge is 0.269 e. The molecule has 1 rings (SSSR count). The van der Waals surface area contributed by atoms with Crippen LogP contribution in [0.5, 0.6) is 0 Å². The van der Waals surface area contributed by atoms with E-state index >= 15 is 0 Å². The number of nitrogens with two attached hydrogens (primary N) is 1. The summed E-state index contributed by atoms with van der Waals surface area (Å²) >= 11 is 0. The molecule has 5 nitrogen and oxygen atoms in total. The number of aliphatic hydroxyl groups is 1. The summed E-state index contributed by atoms with van der Waals surface area (Å²) in [4.78, 5) is 10.9. The Kier molecular flexibility index (Phi) is 2.02. The Balaban J connectivity index is 3.07. The maximum absolute atomic E-state index is 10.9. The van der Waals surface area contributed by atoms with Crippen LogP contribution in [0.15, 0.2) is 11.3 Å². The molecule has 0 bridgehead atoms. The lowest BCUT2D eigenvalue weighted by atomic mass is 9.95. The summed E-state index contributed by atoms with van der Waals surface area (Å²) in [6.45, 7) is 1.56. The largest absolute Gasteiger partial charge is 0.394 e. The Morgan fingerprint density at radius 1 is 1.75 bits per heavy atom. The van der Waals surface area contributed by atoms with Crippen molar-refractivity contribution in [1.29, 1.82) is 5.26 Å². The van der Waals surface area contributed by atoms with E-state index in [1.165, 1.54) is 0 Å². The number of amides is 1. The highest BCUT2D eigenvalue weighted by Gasteiger charge is 2.30. The van der Waals surface area contributed by atoms with Gasteiger partial charge in [0.25, 0.3) is 5.91 Å². The molecule has 0 aromatic rings. The molecule has 0 aromatic carbocycles. The molecule has 64 valence electrons. The monoisotopic (exact) mass is 167 g/mol. The first-order chi connectivity index (χ1) is 5.57. The number of aliphatic hydroxyl groups excluding tert-OH is 1. The molecule has 1 unspecified atom stereocenters. The first-order valence-electron chi connectivity index (χ1n) is 3.42. The highest BCUT2D eigenvalue weighted by Crippen LogP contribution is 2.19. The number of carbonyl (C=O) groups excluding carboxylic acids is 1. The summed E-state index contributed by atoms with van der Waals surface area (Å²) in [5, 5.41) is 19.9. The van der Waals surface area contributed by atoms with Crippen LogP contribution in [0.1, 0.15) is 6.92 Å². The lowest BCUT2D eigenvalue weighted by molar-refractivity contribution is -0.121. The minimum Gasteiger partial charge on any atom is -0.394 e. The van der Waals surface area contributed by atoms with Gasteiger partial charge in [-0.1, -0.05) is 0 Å². The highest BCUT2D eigenvalue weighted by molar-refractivity contribution is 5.94. The lowest BCUT2D eigenvalue weighted by Crippen LogP contribution is -2.47. The van der Waals surface area contributed by atoms with Crippen molar-refractivity contribution in [2.45, 2.75) is 13.2 Å². The summed E-state index contributed by atoms with van der Waals surface area (Å²) in [6, 6.07) is 1.85. The van der Waals surface area contributed by atoms with Gasteiger partial charge in [0.2, 0.25) is 0 Å². The molecule has 1 aliphatic rings. The maximum Gasteiger partial charge on any atom is 0.269 e. The SMILES string of the molecule is CC1=C(N)C(=O)N[C@H](O)C1C#N. The molecule has 0 saturated heterocycles. The van der Waals surface area contributed by atoms with Crippen molar-refractivity contribution in [3.8, 4) is 6.07 Å². The van der Waals surface area contributed by atoms with Gasteiger partial charge in [0.1, 0.15) is 12.1 Å². The van der Waals surface area contributed by atoms with Crippen molar-refractivity contribution in [3.63, 3.8) is 0 Å². The van der Waals surface area contributed by atoms with Gasteiger partial charge in [0.05, 0.1) is 11.8 Å². The highest BCUT2D eigenvalue weighted by atomic mass is 16.3. The van der Waals surface area contributed by atoms with Crippen molar-refractivity contribution < 1.29 is 9.90 Å². The number of nitrogens with one attached hydrogen (secondary N) is 1. The zero-order chi connectivity index (χ0) is 9.30. The standard InChI is InChI=1S/C7H9N3O2/c1-3-4(2-8)6(11)10-7(12)5(3)9/h4,6,11H,9H2,1H3,(H,10,12)/t4?,6-/m1/s1. The predicted octanol–water partition coefficient (Wildman–Crippen LogP) is -1.19. The lowest BCUT2D eigenvalue weighted by Gasteiger charge is -2.24. The molecule has 1 aliphatic heterocycles. The minimum absolute atomic E-state index is 0.0202. The first-order valence-corrected chi connectivity index (χ1v) is 3.42. The van der Waals surface area contributed by atoms with E-state index in [1.807, 2.05) is 6.07 Å². The second kappa shape index (κ2) is 2.83. The zero-order valence-corrected chi connectivity index (χ0v) is 6.53. The van der Waals surface area contributed by atoms with E-state index < -0.39 is 18.1 Å². The second-order valence-corrected chi connectivity index (χ2v) is 2.62. The fourth-order valence-corrected chi connectivity index (χ4v) is 1.05. The van der Waals surface area contributed by atoms with Crippen molar-refractivity contribution in [2.24, 2.45) is 11.7 Å². The van der Waals surface area contributed by atoms with E-state index in [0.717, 1.165) is 0 Å². The van der Waals surface area contributed by atoms with Gasteiger partial charge in [0, 0.05) is 0 Å². The van der Waals surface area contributed by atoms with Crippen LogP contribution < -0.4 is 11.1 Å². The van der Waals surface area contributed by atoms with Crippen LogP contribution in [0.4, 0.5) is 0 Å². The van der Waals surface area contributed by atoms with Crippen LogP contribution in [0.2, 0.25) is 0 Å². The van der Waals surface area contributed by atoms with Crippen LogP contribution in [-0.4, -0.2) is 17.2 Å². The van der Waals surface area contributed by atoms with E-state index in [0.29, 0.717) is 5.57 Å². The fraction of sp³-hybridized carbons (Fsp3) is 0.429. The van der Waals surface area contributed by atoms with E-state index in [1.54, 1.807) is 6.92 Å². The van der Waals surface area contributed by atoms with Crippen LogP contribution >= 0.6 is 0 Å². The van der Waals surface area contributed by atoms with Gasteiger partial charge in [-0.15, -0.1) is 0 Å². The topological polar surface area (TPSA) is 99.1 Å². The molecule has 0 aromatic heterocycles. The number of nitrogens with zero attached hydrogens (tertiary/aromatic N) is 1. The summed E-state index contributed by atoms with van der Waals surface area (Å²) in [6.07, 6.45) is -1.14. The molecule has 1 heterocycles. The first kappa shape index (κ1) is 8.56. The van der Waals surface area contributed by atoms with Crippen molar-refractivity contribution in [3.05, 3.63) is 11.3 Å². The average molecular weight is 167 g/mol. The fourth-order valence-electron chi connectivity index (χ4n) is 1.05. The molecule has 12 heavy (non-hydrogen) atoms. The Labute approximate surface area is 69.5 Å². The van der Waals surface area contributed by atoms with Gasteiger partial charge in [0.15, 0.2) is 0 Å². The molecule has 0 aliphatic carbocycles. The van der Waals surface area contributed by atoms with Crippen LogP contribution in [0.25, 0.3) is 0 Å². The van der Waals surface area contributed by atoms with Crippen LogP contribution in [0, 0.1) is 17.2 Å². The molecule has 0 saturated carbocycles. The Bertz CT molecular complexity index is 290. The number of nitriles is 1.